The first-order valence-corrected chi connectivity index (χ1v) is 3.87. The molecule has 60 valence electrons. The largest absolute Gasteiger partial charge is 0.320 e. The lowest BCUT2D eigenvalue weighted by Crippen LogP contribution is -2.14. The van der Waals surface area contributed by atoms with Crippen LogP contribution in [0.15, 0.2) is 18.2 Å². The first-order chi connectivity index (χ1) is 5.24. The summed E-state index contributed by atoms with van der Waals surface area (Å²) in [6.07, 6.45) is 0. The van der Waals surface area contributed by atoms with Crippen molar-refractivity contribution >= 4 is 28.9 Å². The maximum Gasteiger partial charge on any atom is 0.0675 e. The van der Waals surface area contributed by atoms with Crippen LogP contribution in [-0.4, -0.2) is 7.05 Å². The molecule has 0 aliphatic rings. The monoisotopic (exact) mass is 190 g/mol. The highest BCUT2D eigenvalue weighted by molar-refractivity contribution is 6.36. The van der Waals surface area contributed by atoms with Crippen molar-refractivity contribution in [1.29, 1.82) is 0 Å². The summed E-state index contributed by atoms with van der Waals surface area (Å²) >= 11 is 11.5. The Hall–Kier alpha value is -0.440. The van der Waals surface area contributed by atoms with Crippen LogP contribution in [0.3, 0.4) is 0 Å². The first-order valence-electron chi connectivity index (χ1n) is 3.12. The topological polar surface area (TPSA) is 24.1 Å². The van der Waals surface area contributed by atoms with Gasteiger partial charge in [-0.3, -0.25) is 0 Å². The van der Waals surface area contributed by atoms with E-state index in [1.165, 1.54) is 0 Å². The lowest BCUT2D eigenvalue weighted by atomic mass is 10.3. The summed E-state index contributed by atoms with van der Waals surface area (Å²) in [5.74, 6) is 0. The van der Waals surface area contributed by atoms with Gasteiger partial charge in [-0.05, 0) is 18.2 Å². The van der Waals surface area contributed by atoms with Gasteiger partial charge in [-0.25, -0.2) is 5.43 Å². The van der Waals surface area contributed by atoms with Crippen molar-refractivity contribution in [2.45, 2.75) is 0 Å². The molecule has 0 atom stereocenters. The number of anilines is 1. The fraction of sp³-hybridized carbons (Fsp3) is 0.143. The summed E-state index contributed by atoms with van der Waals surface area (Å²) in [7, 11) is 1.77. The van der Waals surface area contributed by atoms with E-state index in [-0.39, 0.29) is 0 Å². The molecule has 0 saturated heterocycles. The van der Waals surface area contributed by atoms with Gasteiger partial charge in [0.25, 0.3) is 0 Å². The summed E-state index contributed by atoms with van der Waals surface area (Å²) in [6.45, 7) is 0. The minimum atomic E-state index is 0.604. The maximum absolute atomic E-state index is 5.82. The third kappa shape index (κ3) is 2.26. The van der Waals surface area contributed by atoms with Gasteiger partial charge in [-0.2, -0.15) is 0 Å². The van der Waals surface area contributed by atoms with Gasteiger partial charge in [0.1, 0.15) is 0 Å². The van der Waals surface area contributed by atoms with Gasteiger partial charge in [0.2, 0.25) is 0 Å². The molecule has 0 amide bonds. The Kier molecular flexibility index (Phi) is 3.00. The van der Waals surface area contributed by atoms with Crippen molar-refractivity contribution in [3.63, 3.8) is 0 Å². The van der Waals surface area contributed by atoms with Crippen LogP contribution in [0.4, 0.5) is 5.69 Å². The molecule has 0 bridgehead atoms. The Labute approximate surface area is 75.5 Å². The molecular formula is C7H8Cl2N2. The zero-order valence-electron chi connectivity index (χ0n) is 5.99. The number of halogens is 2. The molecule has 0 aliphatic carbocycles. The van der Waals surface area contributed by atoms with Crippen LogP contribution in [-0.2, 0) is 0 Å². The van der Waals surface area contributed by atoms with Crippen LogP contribution in [0, 0.1) is 0 Å². The van der Waals surface area contributed by atoms with E-state index in [2.05, 4.69) is 10.9 Å². The van der Waals surface area contributed by atoms with Gasteiger partial charge in [0, 0.05) is 12.1 Å². The van der Waals surface area contributed by atoms with Crippen molar-refractivity contribution in [2.75, 3.05) is 12.5 Å². The van der Waals surface area contributed by atoms with Crippen LogP contribution in [0.25, 0.3) is 0 Å². The molecule has 0 aliphatic heterocycles. The zero-order valence-corrected chi connectivity index (χ0v) is 7.50. The lowest BCUT2D eigenvalue weighted by molar-refractivity contribution is 0.984. The number of hydrogen-bond donors (Lipinski definition) is 2. The molecule has 2 N–H and O–H groups in total. The van der Waals surface area contributed by atoms with Crippen molar-refractivity contribution in [3.05, 3.63) is 28.2 Å². The molecule has 2 nitrogen and oxygen atoms in total. The number of nitrogens with one attached hydrogen (secondary N) is 2. The zero-order chi connectivity index (χ0) is 8.27. The Balaban J connectivity index is 2.90. The van der Waals surface area contributed by atoms with E-state index in [9.17, 15) is 0 Å². The normalized spacial score (nSPS) is 9.73. The minimum Gasteiger partial charge on any atom is -0.320 e. The van der Waals surface area contributed by atoms with E-state index in [4.69, 9.17) is 23.2 Å². The summed E-state index contributed by atoms with van der Waals surface area (Å²) in [4.78, 5) is 0. The highest BCUT2D eigenvalue weighted by Gasteiger charge is 1.97. The lowest BCUT2D eigenvalue weighted by Gasteiger charge is -2.05. The second-order valence-electron chi connectivity index (χ2n) is 2.00. The second kappa shape index (κ2) is 3.81. The standard InChI is InChI=1S/C7H8Cl2N2/c1-10-11-7-3-2-5(8)4-6(7)9/h2-4,10-11H,1H3. The SMILES string of the molecule is CNNc1ccc(Cl)cc1Cl. The van der Waals surface area contributed by atoms with Crippen molar-refractivity contribution < 1.29 is 0 Å². The van der Waals surface area contributed by atoms with E-state index in [0.29, 0.717) is 10.0 Å². The number of hydrazine groups is 1. The predicted molar refractivity (Wildman–Crippen MR) is 49.1 cm³/mol. The predicted octanol–water partition coefficient (Wildman–Crippen LogP) is 2.54. The molecule has 0 spiro atoms. The molecule has 0 heterocycles. The highest BCUT2D eigenvalue weighted by Crippen LogP contribution is 2.24. The number of hydrogen-bond acceptors (Lipinski definition) is 2. The Morgan fingerprint density at radius 1 is 1.27 bits per heavy atom. The molecule has 1 rings (SSSR count). The van der Waals surface area contributed by atoms with E-state index < -0.39 is 0 Å². The molecule has 11 heavy (non-hydrogen) atoms. The van der Waals surface area contributed by atoms with E-state index in [1.54, 1.807) is 25.2 Å². The number of rotatable bonds is 2. The van der Waals surface area contributed by atoms with Crippen LogP contribution in [0.5, 0.6) is 0 Å². The molecule has 1 aromatic rings. The van der Waals surface area contributed by atoms with Gasteiger partial charge < -0.3 is 5.43 Å². The molecule has 4 heteroatoms. The third-order valence-electron chi connectivity index (χ3n) is 1.19. The fourth-order valence-corrected chi connectivity index (χ4v) is 1.18. The van der Waals surface area contributed by atoms with Crippen LogP contribution in [0.2, 0.25) is 10.0 Å². The van der Waals surface area contributed by atoms with Gasteiger partial charge >= 0.3 is 0 Å². The Morgan fingerprint density at radius 2 is 2.00 bits per heavy atom. The van der Waals surface area contributed by atoms with Crippen LogP contribution >= 0.6 is 23.2 Å². The summed E-state index contributed by atoms with van der Waals surface area (Å²) in [5, 5.41) is 1.24. The molecule has 0 saturated carbocycles. The maximum atomic E-state index is 5.82. The third-order valence-corrected chi connectivity index (χ3v) is 1.74. The van der Waals surface area contributed by atoms with E-state index in [1.807, 2.05) is 0 Å². The van der Waals surface area contributed by atoms with Gasteiger partial charge in [0.15, 0.2) is 0 Å². The highest BCUT2D eigenvalue weighted by atomic mass is 35.5. The van der Waals surface area contributed by atoms with Crippen LogP contribution in [0.1, 0.15) is 0 Å². The molecule has 0 fully saturated rings. The smallest absolute Gasteiger partial charge is 0.0675 e. The molecule has 0 aromatic heterocycles. The van der Waals surface area contributed by atoms with Crippen LogP contribution < -0.4 is 10.9 Å². The van der Waals surface area contributed by atoms with E-state index >= 15 is 0 Å². The summed E-state index contributed by atoms with van der Waals surface area (Å²) in [5.41, 5.74) is 6.45. The average molecular weight is 191 g/mol. The van der Waals surface area contributed by atoms with Crippen molar-refractivity contribution in [2.24, 2.45) is 0 Å². The van der Waals surface area contributed by atoms with Gasteiger partial charge in [0.05, 0.1) is 10.7 Å². The molecule has 0 unspecified atom stereocenters. The quantitative estimate of drug-likeness (QED) is 0.702. The Morgan fingerprint density at radius 3 is 2.55 bits per heavy atom. The summed E-state index contributed by atoms with van der Waals surface area (Å²) < 4.78 is 0. The van der Waals surface area contributed by atoms with Crippen molar-refractivity contribution in [1.82, 2.24) is 5.43 Å². The van der Waals surface area contributed by atoms with Gasteiger partial charge in [-0.1, -0.05) is 23.2 Å². The van der Waals surface area contributed by atoms with Gasteiger partial charge in [-0.15, -0.1) is 0 Å². The second-order valence-corrected chi connectivity index (χ2v) is 2.84. The molecular weight excluding hydrogens is 183 g/mol. The van der Waals surface area contributed by atoms with E-state index in [0.717, 1.165) is 5.69 Å². The number of benzene rings is 1. The van der Waals surface area contributed by atoms with Crippen molar-refractivity contribution in [3.8, 4) is 0 Å². The summed E-state index contributed by atoms with van der Waals surface area (Å²) in [6, 6.07) is 5.26. The first kappa shape index (κ1) is 8.65. The minimum absolute atomic E-state index is 0.604. The average Bonchev–Trinajstić information content (AvgIpc) is 1.95. The fourth-order valence-electron chi connectivity index (χ4n) is 0.726. The molecule has 0 radical (unpaired) electrons. The Bertz CT molecular complexity index is 250. The molecule has 1 aromatic carbocycles.